The molecule has 1 rings (SSSR count). The van der Waals surface area contributed by atoms with Crippen LogP contribution >= 0.6 is 0 Å². The first kappa shape index (κ1) is 8.09. The molecule has 1 heterocycles. The molecule has 1 aromatic heterocycles. The molecular formula is C5H11N5O. The smallest absolute Gasteiger partial charge is 0.191 e. The van der Waals surface area contributed by atoms with Gasteiger partial charge < -0.3 is 10.8 Å². The predicted molar refractivity (Wildman–Crippen MR) is 37.4 cm³/mol. The molecule has 0 saturated carbocycles. The van der Waals surface area contributed by atoms with E-state index in [2.05, 4.69) is 15.4 Å². The molecule has 0 aliphatic heterocycles. The first-order valence-corrected chi connectivity index (χ1v) is 3.34. The van der Waals surface area contributed by atoms with Crippen LogP contribution in [0.1, 0.15) is 18.3 Å². The van der Waals surface area contributed by atoms with Gasteiger partial charge in [0.1, 0.15) is 0 Å². The lowest BCUT2D eigenvalue weighted by Gasteiger charge is -2.01. The zero-order chi connectivity index (χ0) is 8.27. The summed E-state index contributed by atoms with van der Waals surface area (Å²) in [5.41, 5.74) is 5.58. The van der Waals surface area contributed by atoms with Crippen LogP contribution in [0.2, 0.25) is 0 Å². The summed E-state index contributed by atoms with van der Waals surface area (Å²) in [4.78, 5) is 1.34. The summed E-state index contributed by atoms with van der Waals surface area (Å²) in [5.74, 6) is 0.474. The van der Waals surface area contributed by atoms with Crippen LogP contribution in [0.25, 0.3) is 0 Å². The second kappa shape index (κ2) is 3.40. The highest BCUT2D eigenvalue weighted by molar-refractivity contribution is 4.86. The number of aromatic nitrogens is 4. The topological polar surface area (TPSA) is 89.9 Å². The summed E-state index contributed by atoms with van der Waals surface area (Å²) in [5, 5.41) is 19.7. The van der Waals surface area contributed by atoms with E-state index in [1.165, 1.54) is 4.80 Å². The van der Waals surface area contributed by atoms with Crippen molar-refractivity contribution in [3.8, 4) is 0 Å². The Morgan fingerprint density at radius 2 is 2.45 bits per heavy atom. The molecule has 0 radical (unpaired) electrons. The molecule has 6 nitrogen and oxygen atoms in total. The van der Waals surface area contributed by atoms with Gasteiger partial charge in [0, 0.05) is 6.61 Å². The average Bonchev–Trinajstić information content (AvgIpc) is 2.36. The number of nitrogens with zero attached hydrogens (tertiary/aromatic N) is 4. The van der Waals surface area contributed by atoms with E-state index in [9.17, 15) is 0 Å². The molecule has 0 bridgehead atoms. The molecule has 0 amide bonds. The Bertz CT molecular complexity index is 222. The van der Waals surface area contributed by atoms with E-state index in [4.69, 9.17) is 10.8 Å². The maximum absolute atomic E-state index is 8.54. The molecule has 6 heteroatoms. The van der Waals surface area contributed by atoms with Gasteiger partial charge in [0.2, 0.25) is 0 Å². The number of rotatable bonds is 3. The minimum absolute atomic E-state index is 0.0411. The third-order valence-electron chi connectivity index (χ3n) is 1.30. The lowest BCUT2D eigenvalue weighted by molar-refractivity contribution is 0.274. The van der Waals surface area contributed by atoms with Crippen LogP contribution in [-0.4, -0.2) is 31.9 Å². The number of hydrogen-bond donors (Lipinski definition) is 2. The molecule has 0 saturated heterocycles. The number of aliphatic hydroxyl groups is 1. The second-order valence-corrected chi connectivity index (χ2v) is 2.26. The summed E-state index contributed by atoms with van der Waals surface area (Å²) in [7, 11) is 1.67. The van der Waals surface area contributed by atoms with E-state index >= 15 is 0 Å². The Kier molecular flexibility index (Phi) is 2.50. The molecule has 11 heavy (non-hydrogen) atoms. The normalized spacial score (nSPS) is 13.4. The first-order valence-electron chi connectivity index (χ1n) is 3.34. The Hall–Kier alpha value is -1.01. The van der Waals surface area contributed by atoms with Crippen LogP contribution in [0.15, 0.2) is 0 Å². The fraction of sp³-hybridized carbons (Fsp3) is 0.800. The molecule has 0 aromatic carbocycles. The standard InChI is InChI=1S/C5H11N5O/c1-10-8-5(7-9-10)4(6)2-3-11/h4,11H,2-3,6H2,1H3. The van der Waals surface area contributed by atoms with E-state index < -0.39 is 0 Å². The van der Waals surface area contributed by atoms with Crippen molar-refractivity contribution in [1.82, 2.24) is 20.2 Å². The predicted octanol–water partition coefficient (Wildman–Crippen LogP) is -1.41. The van der Waals surface area contributed by atoms with Crippen molar-refractivity contribution in [3.05, 3.63) is 5.82 Å². The number of nitrogens with two attached hydrogens (primary N) is 1. The zero-order valence-electron chi connectivity index (χ0n) is 6.30. The second-order valence-electron chi connectivity index (χ2n) is 2.26. The Morgan fingerprint density at radius 3 is 2.91 bits per heavy atom. The van der Waals surface area contributed by atoms with Crippen LogP contribution in [0.4, 0.5) is 0 Å². The molecule has 62 valence electrons. The Labute approximate surface area is 64.0 Å². The van der Waals surface area contributed by atoms with Gasteiger partial charge in [-0.2, -0.15) is 4.80 Å². The van der Waals surface area contributed by atoms with Gasteiger partial charge in [0.25, 0.3) is 0 Å². The van der Waals surface area contributed by atoms with Crippen LogP contribution in [0.5, 0.6) is 0 Å². The summed E-state index contributed by atoms with van der Waals surface area (Å²) < 4.78 is 0. The summed E-state index contributed by atoms with van der Waals surface area (Å²) in [6, 6.07) is -0.311. The quantitative estimate of drug-likeness (QED) is 0.562. The van der Waals surface area contributed by atoms with Gasteiger partial charge in [-0.3, -0.25) is 0 Å². The lowest BCUT2D eigenvalue weighted by atomic mass is 10.2. The van der Waals surface area contributed by atoms with Crippen LogP contribution in [0, 0.1) is 0 Å². The minimum atomic E-state index is -0.311. The SMILES string of the molecule is Cn1nnc(C(N)CCO)n1. The maximum Gasteiger partial charge on any atom is 0.191 e. The van der Waals surface area contributed by atoms with E-state index in [-0.39, 0.29) is 12.6 Å². The largest absolute Gasteiger partial charge is 0.396 e. The van der Waals surface area contributed by atoms with E-state index in [0.717, 1.165) is 0 Å². The van der Waals surface area contributed by atoms with Crippen LogP contribution in [-0.2, 0) is 7.05 Å². The zero-order valence-corrected chi connectivity index (χ0v) is 6.30. The molecule has 3 N–H and O–H groups in total. The van der Waals surface area contributed by atoms with Crippen molar-refractivity contribution < 1.29 is 5.11 Å². The van der Waals surface area contributed by atoms with Gasteiger partial charge >= 0.3 is 0 Å². The number of tetrazole rings is 1. The van der Waals surface area contributed by atoms with Gasteiger partial charge in [-0.25, -0.2) is 0 Å². The molecule has 0 aliphatic rings. The highest BCUT2D eigenvalue weighted by atomic mass is 16.3. The molecule has 0 aliphatic carbocycles. The third-order valence-corrected chi connectivity index (χ3v) is 1.30. The summed E-state index contributed by atoms with van der Waals surface area (Å²) in [6.45, 7) is 0.0411. The minimum Gasteiger partial charge on any atom is -0.396 e. The van der Waals surface area contributed by atoms with E-state index in [1.54, 1.807) is 7.05 Å². The Morgan fingerprint density at radius 1 is 1.73 bits per heavy atom. The van der Waals surface area contributed by atoms with Crippen molar-refractivity contribution in [2.45, 2.75) is 12.5 Å². The number of hydrogen-bond acceptors (Lipinski definition) is 5. The molecular weight excluding hydrogens is 146 g/mol. The highest BCUT2D eigenvalue weighted by Crippen LogP contribution is 2.04. The van der Waals surface area contributed by atoms with E-state index in [1.807, 2.05) is 0 Å². The molecule has 1 aromatic rings. The van der Waals surface area contributed by atoms with Gasteiger partial charge in [-0.1, -0.05) is 0 Å². The van der Waals surface area contributed by atoms with Crippen molar-refractivity contribution in [2.24, 2.45) is 12.8 Å². The molecule has 0 fully saturated rings. The lowest BCUT2D eigenvalue weighted by Crippen LogP contribution is -2.14. The highest BCUT2D eigenvalue weighted by Gasteiger charge is 2.09. The molecule has 1 atom stereocenters. The monoisotopic (exact) mass is 157 g/mol. The van der Waals surface area contributed by atoms with Gasteiger partial charge in [-0.15, -0.1) is 10.2 Å². The summed E-state index contributed by atoms with van der Waals surface area (Å²) >= 11 is 0. The van der Waals surface area contributed by atoms with E-state index in [0.29, 0.717) is 12.2 Å². The van der Waals surface area contributed by atoms with Gasteiger partial charge in [0.05, 0.1) is 13.1 Å². The van der Waals surface area contributed by atoms with Gasteiger partial charge in [0.15, 0.2) is 5.82 Å². The van der Waals surface area contributed by atoms with Crippen molar-refractivity contribution >= 4 is 0 Å². The fourth-order valence-electron chi connectivity index (χ4n) is 0.715. The first-order chi connectivity index (χ1) is 5.24. The molecule has 1 unspecified atom stereocenters. The van der Waals surface area contributed by atoms with Crippen molar-refractivity contribution in [1.29, 1.82) is 0 Å². The Balaban J connectivity index is 2.60. The van der Waals surface area contributed by atoms with Gasteiger partial charge in [-0.05, 0) is 11.6 Å². The van der Waals surface area contributed by atoms with Crippen LogP contribution < -0.4 is 5.73 Å². The number of aliphatic hydroxyl groups excluding tert-OH is 1. The van der Waals surface area contributed by atoms with Crippen molar-refractivity contribution in [3.63, 3.8) is 0 Å². The third kappa shape index (κ3) is 1.95. The fourth-order valence-corrected chi connectivity index (χ4v) is 0.715. The average molecular weight is 157 g/mol. The van der Waals surface area contributed by atoms with Crippen molar-refractivity contribution in [2.75, 3.05) is 6.61 Å². The summed E-state index contributed by atoms with van der Waals surface area (Å²) in [6.07, 6.45) is 0.464. The molecule has 0 spiro atoms. The number of aryl methyl sites for hydroxylation is 1. The maximum atomic E-state index is 8.54. The van der Waals surface area contributed by atoms with Crippen LogP contribution in [0.3, 0.4) is 0 Å².